The van der Waals surface area contributed by atoms with E-state index in [1.807, 2.05) is 6.92 Å². The minimum absolute atomic E-state index is 0.0505. The molecule has 1 aromatic rings. The highest BCUT2D eigenvalue weighted by Gasteiger charge is 2.38. The number of nitrogens with zero attached hydrogens (tertiary/aromatic N) is 1. The van der Waals surface area contributed by atoms with E-state index in [4.69, 9.17) is 0 Å². The van der Waals surface area contributed by atoms with Crippen LogP contribution in [-0.2, 0) is 6.18 Å². The summed E-state index contributed by atoms with van der Waals surface area (Å²) in [6.07, 6.45) is -4.78. The minimum atomic E-state index is -4.79. The number of nitro benzene ring substituents is 1. The standard InChI is InChI=1S/C13H17F3N2O3/c1-8(5-9(2)19)7-17-10-3-4-12(18(20)21)11(6-10)13(14,15)16/h3-4,6,8-9,17,19H,5,7H2,1-2H3. The lowest BCUT2D eigenvalue weighted by molar-refractivity contribution is -0.388. The Labute approximate surface area is 119 Å². The molecule has 0 saturated heterocycles. The van der Waals surface area contributed by atoms with Gasteiger partial charge in [0.15, 0.2) is 0 Å². The molecule has 1 rings (SSSR count). The Bertz CT molecular complexity index is 504. The SMILES string of the molecule is CC(O)CC(C)CNc1ccc([N+](=O)[O-])c(C(F)(F)F)c1. The first-order chi connectivity index (χ1) is 9.61. The molecule has 0 saturated carbocycles. The van der Waals surface area contributed by atoms with Crippen molar-refractivity contribution >= 4 is 11.4 Å². The molecule has 2 N–H and O–H groups in total. The van der Waals surface area contributed by atoms with Crippen molar-refractivity contribution in [2.24, 2.45) is 5.92 Å². The summed E-state index contributed by atoms with van der Waals surface area (Å²) in [6.45, 7) is 3.83. The molecule has 0 bridgehead atoms. The van der Waals surface area contributed by atoms with Crippen LogP contribution in [0.15, 0.2) is 18.2 Å². The van der Waals surface area contributed by atoms with E-state index in [1.165, 1.54) is 6.07 Å². The monoisotopic (exact) mass is 306 g/mol. The first kappa shape index (κ1) is 17.2. The highest BCUT2D eigenvalue weighted by Crippen LogP contribution is 2.37. The van der Waals surface area contributed by atoms with Crippen molar-refractivity contribution in [3.05, 3.63) is 33.9 Å². The van der Waals surface area contributed by atoms with Crippen LogP contribution in [0.2, 0.25) is 0 Å². The number of anilines is 1. The lowest BCUT2D eigenvalue weighted by Gasteiger charge is -2.16. The molecule has 0 aliphatic rings. The molecule has 2 atom stereocenters. The van der Waals surface area contributed by atoms with Crippen LogP contribution in [0.3, 0.4) is 0 Å². The summed E-state index contributed by atoms with van der Waals surface area (Å²) in [5, 5.41) is 22.6. The van der Waals surface area contributed by atoms with Gasteiger partial charge in [0.2, 0.25) is 0 Å². The number of rotatable bonds is 6. The molecule has 118 valence electrons. The van der Waals surface area contributed by atoms with Gasteiger partial charge in [-0.1, -0.05) is 6.92 Å². The largest absolute Gasteiger partial charge is 0.423 e. The summed E-state index contributed by atoms with van der Waals surface area (Å²) < 4.78 is 38.4. The van der Waals surface area contributed by atoms with E-state index in [9.17, 15) is 28.4 Å². The maximum atomic E-state index is 12.8. The molecule has 0 aliphatic carbocycles. The van der Waals surface area contributed by atoms with Gasteiger partial charge in [0, 0.05) is 18.3 Å². The average Bonchev–Trinajstić information content (AvgIpc) is 2.34. The Kier molecular flexibility index (Phi) is 5.54. The van der Waals surface area contributed by atoms with Crippen molar-refractivity contribution in [2.75, 3.05) is 11.9 Å². The zero-order valence-electron chi connectivity index (χ0n) is 11.6. The van der Waals surface area contributed by atoms with Crippen LogP contribution in [0.5, 0.6) is 0 Å². The summed E-state index contributed by atoms with van der Waals surface area (Å²) in [5.41, 5.74) is -2.09. The summed E-state index contributed by atoms with van der Waals surface area (Å²) >= 11 is 0. The second-order valence-electron chi connectivity index (χ2n) is 5.06. The van der Waals surface area contributed by atoms with Crippen LogP contribution in [-0.4, -0.2) is 22.7 Å². The van der Waals surface area contributed by atoms with Crippen molar-refractivity contribution in [2.45, 2.75) is 32.5 Å². The molecule has 1 aromatic carbocycles. The Balaban J connectivity index is 2.89. The Hall–Kier alpha value is -1.83. The van der Waals surface area contributed by atoms with Gasteiger partial charge in [0.05, 0.1) is 11.0 Å². The van der Waals surface area contributed by atoms with Crippen LogP contribution in [0, 0.1) is 16.0 Å². The van der Waals surface area contributed by atoms with Gasteiger partial charge in [-0.25, -0.2) is 0 Å². The fourth-order valence-electron chi connectivity index (χ4n) is 1.99. The van der Waals surface area contributed by atoms with Crippen molar-refractivity contribution in [1.29, 1.82) is 0 Å². The van der Waals surface area contributed by atoms with E-state index in [-0.39, 0.29) is 11.6 Å². The predicted molar refractivity (Wildman–Crippen MR) is 72.0 cm³/mol. The summed E-state index contributed by atoms with van der Waals surface area (Å²) in [7, 11) is 0. The van der Waals surface area contributed by atoms with Crippen LogP contribution in [0.1, 0.15) is 25.8 Å². The first-order valence-corrected chi connectivity index (χ1v) is 6.38. The van der Waals surface area contributed by atoms with E-state index in [1.54, 1.807) is 6.92 Å². The van der Waals surface area contributed by atoms with Crippen LogP contribution in [0.4, 0.5) is 24.5 Å². The van der Waals surface area contributed by atoms with Crippen molar-refractivity contribution < 1.29 is 23.2 Å². The van der Waals surface area contributed by atoms with Gasteiger partial charge in [-0.2, -0.15) is 13.2 Å². The van der Waals surface area contributed by atoms with Crippen LogP contribution >= 0.6 is 0 Å². The van der Waals surface area contributed by atoms with Gasteiger partial charge in [0.25, 0.3) is 5.69 Å². The number of alkyl halides is 3. The predicted octanol–water partition coefficient (Wildman–Crippen LogP) is 3.43. The third-order valence-corrected chi connectivity index (χ3v) is 2.90. The molecular formula is C13H17F3N2O3. The Morgan fingerprint density at radius 2 is 2.00 bits per heavy atom. The van der Waals surface area contributed by atoms with Crippen molar-refractivity contribution in [3.8, 4) is 0 Å². The fraction of sp³-hybridized carbons (Fsp3) is 0.538. The molecule has 5 nitrogen and oxygen atoms in total. The second kappa shape index (κ2) is 6.75. The minimum Gasteiger partial charge on any atom is -0.393 e. The van der Waals surface area contributed by atoms with Gasteiger partial charge in [-0.3, -0.25) is 10.1 Å². The lowest BCUT2D eigenvalue weighted by Crippen LogP contribution is -2.17. The summed E-state index contributed by atoms with van der Waals surface area (Å²) in [6, 6.07) is 2.81. The van der Waals surface area contributed by atoms with Gasteiger partial charge in [-0.15, -0.1) is 0 Å². The number of aliphatic hydroxyl groups is 1. The number of aliphatic hydroxyl groups excluding tert-OH is 1. The molecule has 0 heterocycles. The Morgan fingerprint density at radius 1 is 1.38 bits per heavy atom. The van der Waals surface area contributed by atoms with E-state index in [0.29, 0.717) is 13.0 Å². The van der Waals surface area contributed by atoms with Gasteiger partial charge < -0.3 is 10.4 Å². The smallest absolute Gasteiger partial charge is 0.393 e. The van der Waals surface area contributed by atoms with E-state index in [0.717, 1.165) is 12.1 Å². The average molecular weight is 306 g/mol. The molecule has 0 fully saturated rings. The van der Waals surface area contributed by atoms with Gasteiger partial charge >= 0.3 is 6.18 Å². The van der Waals surface area contributed by atoms with E-state index in [2.05, 4.69) is 5.32 Å². The molecule has 0 radical (unpaired) electrons. The zero-order valence-corrected chi connectivity index (χ0v) is 11.6. The van der Waals surface area contributed by atoms with Crippen LogP contribution < -0.4 is 5.32 Å². The highest BCUT2D eigenvalue weighted by molar-refractivity contribution is 5.55. The second-order valence-corrected chi connectivity index (χ2v) is 5.06. The molecule has 8 heteroatoms. The Morgan fingerprint density at radius 3 is 2.48 bits per heavy atom. The van der Waals surface area contributed by atoms with E-state index < -0.39 is 28.5 Å². The number of nitrogens with one attached hydrogen (secondary N) is 1. The van der Waals surface area contributed by atoms with E-state index >= 15 is 0 Å². The fourth-order valence-corrected chi connectivity index (χ4v) is 1.99. The summed E-state index contributed by atoms with van der Waals surface area (Å²) in [5.74, 6) is 0.0505. The number of halogens is 3. The van der Waals surface area contributed by atoms with Gasteiger partial charge in [-0.05, 0) is 31.4 Å². The third-order valence-electron chi connectivity index (χ3n) is 2.90. The first-order valence-electron chi connectivity index (χ1n) is 6.38. The topological polar surface area (TPSA) is 75.4 Å². The normalized spacial score (nSPS) is 14.6. The number of nitro groups is 1. The van der Waals surface area contributed by atoms with Crippen molar-refractivity contribution in [3.63, 3.8) is 0 Å². The molecule has 2 unspecified atom stereocenters. The molecule has 21 heavy (non-hydrogen) atoms. The maximum absolute atomic E-state index is 12.8. The highest BCUT2D eigenvalue weighted by atomic mass is 19.4. The maximum Gasteiger partial charge on any atom is 0.423 e. The molecule has 0 aliphatic heterocycles. The number of hydrogen-bond acceptors (Lipinski definition) is 4. The van der Waals surface area contributed by atoms with Crippen molar-refractivity contribution in [1.82, 2.24) is 0 Å². The summed E-state index contributed by atoms with van der Waals surface area (Å²) in [4.78, 5) is 9.57. The molecule has 0 spiro atoms. The van der Waals surface area contributed by atoms with Crippen LogP contribution in [0.25, 0.3) is 0 Å². The van der Waals surface area contributed by atoms with Gasteiger partial charge in [0.1, 0.15) is 5.56 Å². The third kappa shape index (κ3) is 5.22. The molecular weight excluding hydrogens is 289 g/mol. The zero-order chi connectivity index (χ0) is 16.2. The quantitative estimate of drug-likeness (QED) is 0.623. The number of hydrogen-bond donors (Lipinski definition) is 2. The lowest BCUT2D eigenvalue weighted by atomic mass is 10.0. The number of benzene rings is 1. The molecule has 0 amide bonds. The molecule has 0 aromatic heterocycles.